The summed E-state index contributed by atoms with van der Waals surface area (Å²) in [6.45, 7) is 3.05. The molecular weight excluding hydrogens is 258 g/mol. The Hall–Kier alpha value is -1.62. The summed E-state index contributed by atoms with van der Waals surface area (Å²) in [5.41, 5.74) is 1.98. The van der Waals surface area contributed by atoms with Crippen LogP contribution >= 0.6 is 11.7 Å². The van der Waals surface area contributed by atoms with Crippen molar-refractivity contribution in [2.45, 2.75) is 32.3 Å². The van der Waals surface area contributed by atoms with Crippen LogP contribution in [-0.4, -0.2) is 21.4 Å². The highest BCUT2D eigenvalue weighted by atomic mass is 32.1. The Morgan fingerprint density at radius 1 is 1.37 bits per heavy atom. The fourth-order valence-electron chi connectivity index (χ4n) is 1.83. The molecular formula is C14H17N3OS. The molecule has 1 aromatic carbocycles. The lowest BCUT2D eigenvalue weighted by Gasteiger charge is -2.07. The summed E-state index contributed by atoms with van der Waals surface area (Å²) in [5, 5.41) is 3.31. The van der Waals surface area contributed by atoms with Crippen LogP contribution in [0.5, 0.6) is 5.75 Å². The first kappa shape index (κ1) is 12.4. The molecule has 1 aromatic heterocycles. The van der Waals surface area contributed by atoms with E-state index in [-0.39, 0.29) is 0 Å². The highest BCUT2D eigenvalue weighted by Crippen LogP contribution is 2.31. The maximum absolute atomic E-state index is 5.82. The van der Waals surface area contributed by atoms with Gasteiger partial charge in [-0.15, -0.1) is 0 Å². The summed E-state index contributed by atoms with van der Waals surface area (Å²) in [7, 11) is 0. The van der Waals surface area contributed by atoms with E-state index in [4.69, 9.17) is 4.74 Å². The summed E-state index contributed by atoms with van der Waals surface area (Å²) >= 11 is 1.24. The number of benzene rings is 1. The van der Waals surface area contributed by atoms with Crippen LogP contribution in [0.4, 0.5) is 5.82 Å². The predicted octanol–water partition coefficient (Wildman–Crippen LogP) is 3.57. The van der Waals surface area contributed by atoms with Crippen LogP contribution < -0.4 is 10.1 Å². The molecule has 0 unspecified atom stereocenters. The van der Waals surface area contributed by atoms with Gasteiger partial charge in [0.25, 0.3) is 0 Å². The quantitative estimate of drug-likeness (QED) is 0.875. The van der Waals surface area contributed by atoms with E-state index in [0.717, 1.165) is 35.8 Å². The number of ether oxygens (including phenoxy) is 1. The molecule has 0 saturated heterocycles. The van der Waals surface area contributed by atoms with Gasteiger partial charge in [-0.3, -0.25) is 0 Å². The van der Waals surface area contributed by atoms with Gasteiger partial charge in [-0.25, -0.2) is 0 Å². The van der Waals surface area contributed by atoms with Gasteiger partial charge in [0, 0.05) is 12.1 Å². The number of nitrogens with zero attached hydrogens (tertiary/aromatic N) is 2. The van der Waals surface area contributed by atoms with Gasteiger partial charge in [0.1, 0.15) is 11.4 Å². The molecule has 1 N–H and O–H groups in total. The van der Waals surface area contributed by atoms with Gasteiger partial charge in [-0.05, 0) is 31.4 Å². The van der Waals surface area contributed by atoms with Gasteiger partial charge >= 0.3 is 0 Å². The van der Waals surface area contributed by atoms with E-state index in [0.29, 0.717) is 6.10 Å². The van der Waals surface area contributed by atoms with E-state index in [1.165, 1.54) is 24.6 Å². The second-order valence-electron chi connectivity index (χ2n) is 4.73. The summed E-state index contributed by atoms with van der Waals surface area (Å²) in [6, 6.07) is 8.11. The van der Waals surface area contributed by atoms with Crippen LogP contribution in [0.25, 0.3) is 11.3 Å². The van der Waals surface area contributed by atoms with E-state index in [1.807, 2.05) is 24.3 Å². The molecule has 100 valence electrons. The number of hydrogen-bond acceptors (Lipinski definition) is 5. The number of aromatic nitrogens is 2. The van der Waals surface area contributed by atoms with Crippen molar-refractivity contribution in [1.82, 2.24) is 8.75 Å². The van der Waals surface area contributed by atoms with Gasteiger partial charge in [0.15, 0.2) is 5.82 Å². The van der Waals surface area contributed by atoms with Crippen LogP contribution in [-0.2, 0) is 0 Å². The number of hydrogen-bond donors (Lipinski definition) is 1. The maximum atomic E-state index is 5.82. The average molecular weight is 275 g/mol. The molecule has 0 spiro atoms. The molecule has 0 bridgehead atoms. The Labute approximate surface area is 117 Å². The van der Waals surface area contributed by atoms with Crippen molar-refractivity contribution in [2.75, 3.05) is 11.9 Å². The molecule has 0 aliphatic heterocycles. The minimum atomic E-state index is 0.418. The summed E-state index contributed by atoms with van der Waals surface area (Å²) < 4.78 is 14.5. The monoisotopic (exact) mass is 275 g/mol. The van der Waals surface area contributed by atoms with Crippen molar-refractivity contribution in [3.05, 3.63) is 24.3 Å². The second-order valence-corrected chi connectivity index (χ2v) is 5.26. The molecule has 1 fully saturated rings. The van der Waals surface area contributed by atoms with E-state index in [2.05, 4.69) is 21.0 Å². The molecule has 0 amide bonds. The molecule has 0 atom stereocenters. The lowest BCUT2D eigenvalue weighted by atomic mass is 10.1. The molecule has 2 aromatic rings. The Kier molecular flexibility index (Phi) is 3.64. The zero-order valence-electron chi connectivity index (χ0n) is 10.9. The van der Waals surface area contributed by atoms with Crippen molar-refractivity contribution in [3.63, 3.8) is 0 Å². The van der Waals surface area contributed by atoms with Crippen molar-refractivity contribution in [2.24, 2.45) is 0 Å². The van der Waals surface area contributed by atoms with Crippen molar-refractivity contribution in [1.29, 1.82) is 0 Å². The first-order valence-corrected chi connectivity index (χ1v) is 7.43. The van der Waals surface area contributed by atoms with Crippen molar-refractivity contribution in [3.8, 4) is 17.0 Å². The first-order valence-electron chi connectivity index (χ1n) is 6.70. The molecule has 4 nitrogen and oxygen atoms in total. The zero-order valence-corrected chi connectivity index (χ0v) is 11.7. The van der Waals surface area contributed by atoms with Gasteiger partial charge < -0.3 is 10.1 Å². The van der Waals surface area contributed by atoms with E-state index in [9.17, 15) is 0 Å². The topological polar surface area (TPSA) is 47.0 Å². The molecule has 3 rings (SSSR count). The molecule has 1 saturated carbocycles. The molecule has 1 heterocycles. The van der Waals surface area contributed by atoms with Crippen LogP contribution in [0, 0.1) is 0 Å². The number of nitrogens with one attached hydrogen (secondary N) is 1. The fraction of sp³-hybridized carbons (Fsp3) is 0.429. The highest BCUT2D eigenvalue weighted by molar-refractivity contribution is 6.99. The van der Waals surface area contributed by atoms with Crippen LogP contribution in [0.2, 0.25) is 0 Å². The van der Waals surface area contributed by atoms with Gasteiger partial charge in [-0.2, -0.15) is 8.75 Å². The van der Waals surface area contributed by atoms with Crippen molar-refractivity contribution >= 4 is 17.5 Å². The van der Waals surface area contributed by atoms with Gasteiger partial charge in [0.05, 0.1) is 17.8 Å². The van der Waals surface area contributed by atoms with E-state index >= 15 is 0 Å². The summed E-state index contributed by atoms with van der Waals surface area (Å²) in [5.74, 6) is 1.80. The number of anilines is 1. The molecule has 1 aliphatic carbocycles. The standard InChI is InChI=1S/C14H17N3OS/c1-2-8-15-14-13(16-19-17-14)10-4-3-5-12(9-10)18-11-6-7-11/h3-5,9,11H,2,6-8H2,1H3,(H,15,17). The molecule has 1 aliphatic rings. The normalized spacial score (nSPS) is 14.4. The Morgan fingerprint density at radius 2 is 2.26 bits per heavy atom. The maximum Gasteiger partial charge on any atom is 0.168 e. The largest absolute Gasteiger partial charge is 0.490 e. The minimum Gasteiger partial charge on any atom is -0.490 e. The zero-order chi connectivity index (χ0) is 13.1. The first-order chi connectivity index (χ1) is 9.36. The third-order valence-corrected chi connectivity index (χ3v) is 3.49. The lowest BCUT2D eigenvalue weighted by molar-refractivity contribution is 0.303. The van der Waals surface area contributed by atoms with Crippen molar-refractivity contribution < 1.29 is 4.74 Å². The van der Waals surface area contributed by atoms with E-state index in [1.54, 1.807) is 0 Å². The van der Waals surface area contributed by atoms with Gasteiger partial charge in [0.2, 0.25) is 0 Å². The summed E-state index contributed by atoms with van der Waals surface area (Å²) in [6.07, 6.45) is 3.83. The second kappa shape index (κ2) is 5.57. The summed E-state index contributed by atoms with van der Waals surface area (Å²) in [4.78, 5) is 0. The minimum absolute atomic E-state index is 0.418. The Morgan fingerprint density at radius 3 is 3.05 bits per heavy atom. The molecule has 0 radical (unpaired) electrons. The highest BCUT2D eigenvalue weighted by Gasteiger charge is 2.23. The molecule has 5 heteroatoms. The smallest absolute Gasteiger partial charge is 0.168 e. The van der Waals surface area contributed by atoms with Gasteiger partial charge in [-0.1, -0.05) is 19.1 Å². The Bertz CT molecular complexity index is 551. The lowest BCUT2D eigenvalue weighted by Crippen LogP contribution is -2.01. The Balaban J connectivity index is 1.82. The van der Waals surface area contributed by atoms with E-state index < -0.39 is 0 Å². The third-order valence-electron chi connectivity index (χ3n) is 2.97. The average Bonchev–Trinajstić information content (AvgIpc) is 3.11. The SMILES string of the molecule is CCCNc1nsnc1-c1cccc(OC2CC2)c1. The predicted molar refractivity (Wildman–Crippen MR) is 77.8 cm³/mol. The van der Waals surface area contributed by atoms with Crippen LogP contribution in [0.15, 0.2) is 24.3 Å². The fourth-order valence-corrected chi connectivity index (χ4v) is 2.38. The third kappa shape index (κ3) is 3.04. The van der Waals surface area contributed by atoms with Crippen LogP contribution in [0.3, 0.4) is 0 Å². The number of rotatable bonds is 6. The molecule has 19 heavy (non-hydrogen) atoms. The van der Waals surface area contributed by atoms with Crippen LogP contribution in [0.1, 0.15) is 26.2 Å².